The standard InChI is InChI=1S/C14H20N4O2S/c1-3-8-15-11(2)12-4-6-13(7-5-12)21(19,20)18-14-16-9-10-17-14/h4-7,9-11,15H,3,8H2,1-2H3,(H2,16,17,18). The van der Waals surface area contributed by atoms with Crippen LogP contribution in [0.5, 0.6) is 0 Å². The Morgan fingerprint density at radius 1 is 1.29 bits per heavy atom. The highest BCUT2D eigenvalue weighted by Crippen LogP contribution is 2.17. The minimum Gasteiger partial charge on any atom is -0.330 e. The molecule has 0 bridgehead atoms. The molecule has 114 valence electrons. The number of sulfonamides is 1. The van der Waals surface area contributed by atoms with Crippen LogP contribution in [0.4, 0.5) is 5.95 Å². The monoisotopic (exact) mass is 308 g/mol. The van der Waals surface area contributed by atoms with Crippen LogP contribution in [0.15, 0.2) is 41.6 Å². The number of hydrogen-bond donors (Lipinski definition) is 3. The van der Waals surface area contributed by atoms with Gasteiger partial charge < -0.3 is 10.3 Å². The average molecular weight is 308 g/mol. The summed E-state index contributed by atoms with van der Waals surface area (Å²) in [7, 11) is -3.61. The minimum absolute atomic E-state index is 0.194. The maximum Gasteiger partial charge on any atom is 0.264 e. The van der Waals surface area contributed by atoms with Gasteiger partial charge in [0.2, 0.25) is 5.95 Å². The van der Waals surface area contributed by atoms with E-state index in [9.17, 15) is 8.42 Å². The summed E-state index contributed by atoms with van der Waals surface area (Å²) in [5.41, 5.74) is 1.06. The van der Waals surface area contributed by atoms with E-state index in [0.29, 0.717) is 0 Å². The van der Waals surface area contributed by atoms with Crippen LogP contribution in [0.2, 0.25) is 0 Å². The van der Waals surface area contributed by atoms with E-state index in [2.05, 4.69) is 33.9 Å². The molecule has 0 aliphatic carbocycles. The van der Waals surface area contributed by atoms with Crippen molar-refractivity contribution in [1.29, 1.82) is 0 Å². The Labute approximate surface area is 125 Å². The lowest BCUT2D eigenvalue weighted by atomic mass is 10.1. The summed E-state index contributed by atoms with van der Waals surface area (Å²) in [6, 6.07) is 7.04. The second kappa shape index (κ2) is 6.73. The Kier molecular flexibility index (Phi) is 4.98. The van der Waals surface area contributed by atoms with Gasteiger partial charge in [-0.15, -0.1) is 0 Å². The van der Waals surface area contributed by atoms with Crippen LogP contribution in [0.1, 0.15) is 31.9 Å². The molecule has 21 heavy (non-hydrogen) atoms. The van der Waals surface area contributed by atoms with E-state index in [1.807, 2.05) is 12.1 Å². The van der Waals surface area contributed by atoms with Gasteiger partial charge in [-0.25, -0.2) is 18.1 Å². The highest BCUT2D eigenvalue weighted by molar-refractivity contribution is 7.92. The summed E-state index contributed by atoms with van der Waals surface area (Å²) in [6.07, 6.45) is 4.11. The van der Waals surface area contributed by atoms with Crippen LogP contribution in [-0.4, -0.2) is 24.9 Å². The van der Waals surface area contributed by atoms with Crippen LogP contribution in [0, 0.1) is 0 Å². The Balaban J connectivity index is 2.11. The van der Waals surface area contributed by atoms with Gasteiger partial charge in [-0.05, 0) is 37.6 Å². The third kappa shape index (κ3) is 4.05. The van der Waals surface area contributed by atoms with E-state index in [1.54, 1.807) is 18.3 Å². The van der Waals surface area contributed by atoms with Crippen molar-refractivity contribution in [3.63, 3.8) is 0 Å². The fourth-order valence-electron chi connectivity index (χ4n) is 1.92. The molecule has 0 saturated carbocycles. The summed E-state index contributed by atoms with van der Waals surface area (Å²) in [6.45, 7) is 5.09. The Morgan fingerprint density at radius 3 is 2.57 bits per heavy atom. The summed E-state index contributed by atoms with van der Waals surface area (Å²) < 4.78 is 26.7. The van der Waals surface area contributed by atoms with Crippen LogP contribution in [0.25, 0.3) is 0 Å². The molecule has 0 aliphatic heterocycles. The van der Waals surface area contributed by atoms with Crippen LogP contribution >= 0.6 is 0 Å². The van der Waals surface area contributed by atoms with E-state index in [0.717, 1.165) is 18.5 Å². The maximum absolute atomic E-state index is 12.2. The molecule has 0 fully saturated rings. The zero-order valence-electron chi connectivity index (χ0n) is 12.1. The van der Waals surface area contributed by atoms with Crippen molar-refractivity contribution in [3.8, 4) is 0 Å². The molecule has 0 aliphatic rings. The van der Waals surface area contributed by atoms with E-state index < -0.39 is 10.0 Å². The van der Waals surface area contributed by atoms with Gasteiger partial charge in [0, 0.05) is 18.4 Å². The first-order valence-corrected chi connectivity index (χ1v) is 8.37. The summed E-state index contributed by atoms with van der Waals surface area (Å²) in [5.74, 6) is 0.206. The van der Waals surface area contributed by atoms with Crippen LogP contribution in [-0.2, 0) is 10.0 Å². The molecule has 1 heterocycles. The van der Waals surface area contributed by atoms with Gasteiger partial charge >= 0.3 is 0 Å². The number of H-pyrrole nitrogens is 1. The molecule has 1 unspecified atom stereocenters. The lowest BCUT2D eigenvalue weighted by Gasteiger charge is -2.14. The molecule has 1 atom stereocenters. The zero-order valence-corrected chi connectivity index (χ0v) is 12.9. The largest absolute Gasteiger partial charge is 0.330 e. The second-order valence-electron chi connectivity index (χ2n) is 4.79. The number of imidazole rings is 1. The predicted molar refractivity (Wildman–Crippen MR) is 82.5 cm³/mol. The van der Waals surface area contributed by atoms with Gasteiger partial charge in [0.25, 0.3) is 10.0 Å². The molecule has 0 saturated heterocycles. The van der Waals surface area contributed by atoms with Gasteiger partial charge in [0.05, 0.1) is 4.90 Å². The molecule has 6 nitrogen and oxygen atoms in total. The van der Waals surface area contributed by atoms with Gasteiger partial charge in [-0.1, -0.05) is 19.1 Å². The summed E-state index contributed by atoms with van der Waals surface area (Å²) in [5, 5.41) is 3.36. The van der Waals surface area contributed by atoms with Gasteiger partial charge in [-0.2, -0.15) is 0 Å². The molecular formula is C14H20N4O2S. The normalized spacial score (nSPS) is 13.0. The van der Waals surface area contributed by atoms with E-state index in [4.69, 9.17) is 0 Å². The topological polar surface area (TPSA) is 86.9 Å². The molecule has 3 N–H and O–H groups in total. The SMILES string of the molecule is CCCNC(C)c1ccc(S(=O)(=O)Nc2ncc[nH]2)cc1. The maximum atomic E-state index is 12.2. The number of aromatic amines is 1. The molecule has 1 aromatic carbocycles. The van der Waals surface area contributed by atoms with Crippen molar-refractivity contribution < 1.29 is 8.42 Å². The quantitative estimate of drug-likeness (QED) is 0.732. The fraction of sp³-hybridized carbons (Fsp3) is 0.357. The average Bonchev–Trinajstić information content (AvgIpc) is 2.97. The predicted octanol–water partition coefficient (Wildman–Crippen LogP) is 2.27. The Hall–Kier alpha value is -1.86. The molecular weight excluding hydrogens is 288 g/mol. The molecule has 0 amide bonds. The zero-order chi connectivity index (χ0) is 15.3. The van der Waals surface area contributed by atoms with E-state index in [-0.39, 0.29) is 16.9 Å². The molecule has 2 aromatic rings. The van der Waals surface area contributed by atoms with Crippen molar-refractivity contribution in [1.82, 2.24) is 15.3 Å². The number of aromatic nitrogens is 2. The summed E-state index contributed by atoms with van der Waals surface area (Å²) >= 11 is 0. The first kappa shape index (κ1) is 15.5. The first-order valence-electron chi connectivity index (χ1n) is 6.88. The number of nitrogens with one attached hydrogen (secondary N) is 3. The van der Waals surface area contributed by atoms with Crippen molar-refractivity contribution in [2.45, 2.75) is 31.2 Å². The highest BCUT2D eigenvalue weighted by Gasteiger charge is 2.15. The molecule has 0 radical (unpaired) electrons. The number of hydrogen-bond acceptors (Lipinski definition) is 4. The third-order valence-electron chi connectivity index (χ3n) is 3.12. The molecule has 7 heteroatoms. The van der Waals surface area contributed by atoms with Crippen LogP contribution in [0.3, 0.4) is 0 Å². The van der Waals surface area contributed by atoms with E-state index in [1.165, 1.54) is 6.20 Å². The Bertz CT molecular complexity index is 651. The second-order valence-corrected chi connectivity index (χ2v) is 6.47. The third-order valence-corrected chi connectivity index (χ3v) is 4.48. The van der Waals surface area contributed by atoms with Crippen LogP contribution < -0.4 is 10.0 Å². The lowest BCUT2D eigenvalue weighted by Crippen LogP contribution is -2.19. The van der Waals surface area contributed by atoms with Crippen molar-refractivity contribution >= 4 is 16.0 Å². The molecule has 1 aromatic heterocycles. The first-order chi connectivity index (χ1) is 10.0. The lowest BCUT2D eigenvalue weighted by molar-refractivity contribution is 0.570. The van der Waals surface area contributed by atoms with Gasteiger partial charge in [0.1, 0.15) is 0 Å². The summed E-state index contributed by atoms with van der Waals surface area (Å²) in [4.78, 5) is 6.77. The van der Waals surface area contributed by atoms with Gasteiger partial charge in [-0.3, -0.25) is 0 Å². The van der Waals surface area contributed by atoms with E-state index >= 15 is 0 Å². The van der Waals surface area contributed by atoms with Gasteiger partial charge in [0.15, 0.2) is 0 Å². The fourth-order valence-corrected chi connectivity index (χ4v) is 2.90. The molecule has 0 spiro atoms. The number of rotatable bonds is 7. The number of anilines is 1. The number of benzene rings is 1. The minimum atomic E-state index is -3.61. The smallest absolute Gasteiger partial charge is 0.264 e. The van der Waals surface area contributed by atoms with Crippen molar-refractivity contribution in [3.05, 3.63) is 42.2 Å². The Morgan fingerprint density at radius 2 is 2.00 bits per heavy atom. The highest BCUT2D eigenvalue weighted by atomic mass is 32.2. The number of nitrogens with zero attached hydrogens (tertiary/aromatic N) is 1. The van der Waals surface area contributed by atoms with Crippen molar-refractivity contribution in [2.24, 2.45) is 0 Å². The molecule has 2 rings (SSSR count). The van der Waals surface area contributed by atoms with Crippen molar-refractivity contribution in [2.75, 3.05) is 11.3 Å².